The second kappa shape index (κ2) is 4.38. The molecule has 0 saturated carbocycles. The Hall–Kier alpha value is -2.15. The minimum atomic E-state index is -0.629. The van der Waals surface area contributed by atoms with Crippen molar-refractivity contribution in [2.24, 2.45) is 0 Å². The second-order valence-electron chi connectivity index (χ2n) is 3.08. The molecule has 2 heterocycles. The number of hydrogen-bond donors (Lipinski definition) is 1. The molecule has 2 N–H and O–H groups in total. The fourth-order valence-electron chi connectivity index (χ4n) is 1.16. The lowest BCUT2D eigenvalue weighted by molar-refractivity contribution is 0.0587. The highest BCUT2D eigenvalue weighted by Gasteiger charge is 2.14. The molecule has 2 rings (SSSR count). The van der Waals surface area contributed by atoms with Crippen LogP contribution in [0.4, 0.5) is 5.69 Å². The van der Waals surface area contributed by atoms with E-state index < -0.39 is 5.97 Å². The number of nitrogens with zero attached hydrogens (tertiary/aromatic N) is 4. The van der Waals surface area contributed by atoms with E-state index in [0.717, 1.165) is 0 Å². The molecule has 0 aliphatic heterocycles. The van der Waals surface area contributed by atoms with E-state index in [0.29, 0.717) is 16.5 Å². The summed E-state index contributed by atoms with van der Waals surface area (Å²) < 4.78 is 5.76. The zero-order chi connectivity index (χ0) is 12.4. The molecule has 0 aliphatic carbocycles. The number of pyridine rings is 1. The third-order valence-electron chi connectivity index (χ3n) is 1.92. The highest BCUT2D eigenvalue weighted by Crippen LogP contribution is 2.19. The van der Waals surface area contributed by atoms with E-state index >= 15 is 0 Å². The lowest BCUT2D eigenvalue weighted by Crippen LogP contribution is -2.06. The Balaban J connectivity index is 2.40. The van der Waals surface area contributed by atoms with E-state index in [1.54, 1.807) is 0 Å². The summed E-state index contributed by atoms with van der Waals surface area (Å²) >= 11 is 5.94. The number of carbonyl (C=O) groups excluding carboxylic acids is 1. The Morgan fingerprint density at radius 2 is 2.29 bits per heavy atom. The van der Waals surface area contributed by atoms with Crippen molar-refractivity contribution >= 4 is 23.3 Å². The summed E-state index contributed by atoms with van der Waals surface area (Å²) in [6, 6.07) is 1.53. The molecule has 2 aromatic rings. The van der Waals surface area contributed by atoms with Crippen molar-refractivity contribution in [3.8, 4) is 5.82 Å². The molecule has 0 bridgehead atoms. The number of nitrogens with two attached hydrogens (primary N) is 1. The lowest BCUT2D eigenvalue weighted by atomic mass is 10.4. The number of carbonyl (C=O) groups is 1. The Morgan fingerprint density at radius 3 is 2.94 bits per heavy atom. The number of ether oxygens (including phenoxy) is 1. The summed E-state index contributed by atoms with van der Waals surface area (Å²) in [4.78, 5) is 18.9. The van der Waals surface area contributed by atoms with Crippen LogP contribution in [0.15, 0.2) is 18.6 Å². The summed E-state index contributed by atoms with van der Waals surface area (Å²) in [5.74, 6) is -0.360. The van der Waals surface area contributed by atoms with Crippen molar-refractivity contribution in [3.63, 3.8) is 0 Å². The van der Waals surface area contributed by atoms with Gasteiger partial charge in [-0.2, -0.15) is 0 Å². The fraction of sp³-hybridized carbons (Fsp3) is 0.111. The monoisotopic (exact) mass is 253 g/mol. The Labute approximate surface area is 101 Å². The number of esters is 1. The van der Waals surface area contributed by atoms with Crippen molar-refractivity contribution in [1.82, 2.24) is 19.7 Å². The molecule has 0 atom stereocenters. The molecule has 0 fully saturated rings. The zero-order valence-electron chi connectivity index (χ0n) is 8.79. The van der Waals surface area contributed by atoms with Crippen LogP contribution < -0.4 is 5.73 Å². The van der Waals surface area contributed by atoms with E-state index in [9.17, 15) is 4.79 Å². The maximum absolute atomic E-state index is 11.2. The first-order valence-corrected chi connectivity index (χ1v) is 4.91. The van der Waals surface area contributed by atoms with Gasteiger partial charge in [0.2, 0.25) is 0 Å². The number of rotatable bonds is 2. The first-order chi connectivity index (χ1) is 8.11. The van der Waals surface area contributed by atoms with Crippen LogP contribution in [-0.4, -0.2) is 32.8 Å². The first-order valence-electron chi connectivity index (χ1n) is 4.53. The van der Waals surface area contributed by atoms with Crippen molar-refractivity contribution in [3.05, 3.63) is 29.4 Å². The predicted molar refractivity (Wildman–Crippen MR) is 59.9 cm³/mol. The summed E-state index contributed by atoms with van der Waals surface area (Å²) in [5.41, 5.74) is 5.95. The van der Waals surface area contributed by atoms with E-state index in [1.165, 1.54) is 30.4 Å². The van der Waals surface area contributed by atoms with Gasteiger partial charge in [-0.05, 0) is 6.07 Å². The van der Waals surface area contributed by atoms with Gasteiger partial charge in [0, 0.05) is 0 Å². The van der Waals surface area contributed by atoms with E-state index in [4.69, 9.17) is 17.3 Å². The molecule has 0 unspecified atom stereocenters. The van der Waals surface area contributed by atoms with Crippen molar-refractivity contribution < 1.29 is 9.53 Å². The third-order valence-corrected chi connectivity index (χ3v) is 2.20. The van der Waals surface area contributed by atoms with Crippen LogP contribution in [-0.2, 0) is 4.74 Å². The molecule has 2 aromatic heterocycles. The molecule has 7 nitrogen and oxygen atoms in total. The van der Waals surface area contributed by atoms with E-state index in [2.05, 4.69) is 19.8 Å². The molecule has 0 aliphatic rings. The number of nitrogen functional groups attached to an aromatic ring is 1. The molecule has 0 aromatic carbocycles. The summed E-state index contributed by atoms with van der Waals surface area (Å²) in [7, 11) is 1.25. The smallest absolute Gasteiger partial charge is 0.377 e. The van der Waals surface area contributed by atoms with E-state index in [1.807, 2.05) is 0 Å². The largest absolute Gasteiger partial charge is 0.463 e. The zero-order valence-corrected chi connectivity index (χ0v) is 9.55. The van der Waals surface area contributed by atoms with Crippen LogP contribution in [0, 0.1) is 0 Å². The van der Waals surface area contributed by atoms with Gasteiger partial charge < -0.3 is 10.5 Å². The van der Waals surface area contributed by atoms with Gasteiger partial charge in [0.05, 0.1) is 24.0 Å². The Bertz CT molecular complexity index is 568. The molecular formula is C9H8ClN5O2. The topological polar surface area (TPSA) is 95.9 Å². The van der Waals surface area contributed by atoms with Gasteiger partial charge in [-0.25, -0.2) is 19.4 Å². The Kier molecular flexibility index (Phi) is 2.92. The number of anilines is 1. The van der Waals surface area contributed by atoms with Gasteiger partial charge in [0.1, 0.15) is 6.33 Å². The van der Waals surface area contributed by atoms with Gasteiger partial charge in [-0.15, -0.1) is 5.10 Å². The Morgan fingerprint density at radius 1 is 1.53 bits per heavy atom. The molecule has 0 spiro atoms. The predicted octanol–water partition coefficient (Wildman–Crippen LogP) is 0.684. The highest BCUT2D eigenvalue weighted by molar-refractivity contribution is 6.32. The van der Waals surface area contributed by atoms with Gasteiger partial charge in [0.25, 0.3) is 5.82 Å². The van der Waals surface area contributed by atoms with Crippen LogP contribution in [0.1, 0.15) is 10.6 Å². The standard InChI is InChI=1S/C9H8ClN5O2/c1-17-9(16)7-13-4-15(14-7)8-6(10)2-5(11)3-12-8/h2-4H,11H2,1H3. The van der Waals surface area contributed by atoms with Crippen LogP contribution in [0.5, 0.6) is 0 Å². The number of aromatic nitrogens is 4. The summed E-state index contributed by atoms with van der Waals surface area (Å²) in [5, 5.41) is 4.20. The number of hydrogen-bond acceptors (Lipinski definition) is 6. The quantitative estimate of drug-likeness (QED) is 0.791. The van der Waals surface area contributed by atoms with E-state index in [-0.39, 0.29) is 5.82 Å². The minimum Gasteiger partial charge on any atom is -0.463 e. The third kappa shape index (κ3) is 2.18. The van der Waals surface area contributed by atoms with Gasteiger partial charge in [0.15, 0.2) is 5.82 Å². The molecule has 17 heavy (non-hydrogen) atoms. The first kappa shape index (κ1) is 11.3. The molecule has 88 valence electrons. The molecular weight excluding hydrogens is 246 g/mol. The van der Waals surface area contributed by atoms with Crippen LogP contribution in [0.25, 0.3) is 5.82 Å². The SMILES string of the molecule is COC(=O)c1ncn(-c2ncc(N)cc2Cl)n1. The second-order valence-corrected chi connectivity index (χ2v) is 3.49. The fourth-order valence-corrected chi connectivity index (χ4v) is 1.43. The lowest BCUT2D eigenvalue weighted by Gasteiger charge is -2.02. The number of methoxy groups -OCH3 is 1. The normalized spacial score (nSPS) is 10.2. The van der Waals surface area contributed by atoms with Gasteiger partial charge >= 0.3 is 5.97 Å². The molecule has 0 amide bonds. The summed E-state index contributed by atoms with van der Waals surface area (Å²) in [6.45, 7) is 0. The summed E-state index contributed by atoms with van der Waals surface area (Å²) in [6.07, 6.45) is 2.75. The van der Waals surface area contributed by atoms with Crippen molar-refractivity contribution in [2.75, 3.05) is 12.8 Å². The van der Waals surface area contributed by atoms with Gasteiger partial charge in [-0.1, -0.05) is 11.6 Å². The maximum Gasteiger partial charge on any atom is 0.377 e. The maximum atomic E-state index is 11.2. The van der Waals surface area contributed by atoms with Crippen LogP contribution in [0.3, 0.4) is 0 Å². The molecule has 0 radical (unpaired) electrons. The van der Waals surface area contributed by atoms with Crippen LogP contribution >= 0.6 is 11.6 Å². The minimum absolute atomic E-state index is 0.0674. The average molecular weight is 254 g/mol. The molecule has 0 saturated heterocycles. The van der Waals surface area contributed by atoms with Crippen molar-refractivity contribution in [1.29, 1.82) is 0 Å². The molecule has 8 heteroatoms. The van der Waals surface area contributed by atoms with Crippen molar-refractivity contribution in [2.45, 2.75) is 0 Å². The average Bonchev–Trinajstić information content (AvgIpc) is 2.77. The number of halogens is 1. The van der Waals surface area contributed by atoms with Crippen LogP contribution in [0.2, 0.25) is 5.02 Å². The van der Waals surface area contributed by atoms with Gasteiger partial charge in [-0.3, -0.25) is 0 Å². The highest BCUT2D eigenvalue weighted by atomic mass is 35.5.